The molecule has 0 spiro atoms. The fraction of sp³-hybridized carbons (Fsp3) is 0.111. The number of carbonyl (C=O) groups is 1. The van der Waals surface area contributed by atoms with Gasteiger partial charge in [0.1, 0.15) is 11.3 Å². The molecule has 3 heteroatoms. The Balaban J connectivity index is 1.79. The number of ketones is 1. The van der Waals surface area contributed by atoms with Crippen molar-refractivity contribution >= 4 is 16.7 Å². The number of para-hydroxylation sites is 1. The van der Waals surface area contributed by atoms with Crippen molar-refractivity contribution in [2.24, 2.45) is 0 Å². The van der Waals surface area contributed by atoms with Crippen LogP contribution in [-0.4, -0.2) is 17.4 Å². The Morgan fingerprint density at radius 1 is 1.10 bits per heavy atom. The third-order valence-electron chi connectivity index (χ3n) is 3.29. The van der Waals surface area contributed by atoms with Gasteiger partial charge in [-0.15, -0.1) is 0 Å². The van der Waals surface area contributed by atoms with E-state index in [1.807, 2.05) is 55.5 Å². The van der Waals surface area contributed by atoms with Crippen LogP contribution in [0.1, 0.15) is 15.9 Å². The molecule has 0 unspecified atom stereocenters. The molecule has 0 fully saturated rings. The van der Waals surface area contributed by atoms with Gasteiger partial charge in [0.2, 0.25) is 0 Å². The molecule has 0 aliphatic heterocycles. The first kappa shape index (κ1) is 13.3. The topological polar surface area (TPSA) is 39.2 Å². The van der Waals surface area contributed by atoms with Gasteiger partial charge >= 0.3 is 0 Å². The Bertz CT molecular complexity index is 791. The molecule has 3 nitrogen and oxygen atoms in total. The van der Waals surface area contributed by atoms with Gasteiger partial charge < -0.3 is 4.74 Å². The lowest BCUT2D eigenvalue weighted by Gasteiger charge is -2.08. The summed E-state index contributed by atoms with van der Waals surface area (Å²) in [5, 5.41) is 0.998. The van der Waals surface area contributed by atoms with Crippen LogP contribution in [0.5, 0.6) is 5.75 Å². The van der Waals surface area contributed by atoms with E-state index < -0.39 is 0 Å². The average Bonchev–Trinajstić information content (AvgIpc) is 2.52. The number of hydrogen-bond acceptors (Lipinski definition) is 3. The maximum atomic E-state index is 12.2. The van der Waals surface area contributed by atoms with Crippen molar-refractivity contribution in [2.75, 3.05) is 6.61 Å². The average molecular weight is 277 g/mol. The van der Waals surface area contributed by atoms with Gasteiger partial charge in [-0.1, -0.05) is 42.0 Å². The number of hydrogen-bond donors (Lipinski definition) is 0. The van der Waals surface area contributed by atoms with Crippen molar-refractivity contribution in [2.45, 2.75) is 6.92 Å². The minimum atomic E-state index is -0.0355. The van der Waals surface area contributed by atoms with Crippen LogP contribution in [0.4, 0.5) is 0 Å². The largest absolute Gasteiger partial charge is 0.483 e. The van der Waals surface area contributed by atoms with Crippen molar-refractivity contribution in [3.63, 3.8) is 0 Å². The number of rotatable bonds is 4. The maximum absolute atomic E-state index is 12.2. The molecule has 3 rings (SSSR count). The summed E-state index contributed by atoms with van der Waals surface area (Å²) < 4.78 is 5.66. The molecular weight excluding hydrogens is 262 g/mol. The van der Waals surface area contributed by atoms with E-state index >= 15 is 0 Å². The summed E-state index contributed by atoms with van der Waals surface area (Å²) in [5.74, 6) is 0.598. The summed E-state index contributed by atoms with van der Waals surface area (Å²) in [6.45, 7) is 1.98. The zero-order chi connectivity index (χ0) is 14.7. The molecular formula is C18H15NO2. The second kappa shape index (κ2) is 5.75. The Morgan fingerprint density at radius 3 is 2.76 bits per heavy atom. The molecule has 0 radical (unpaired) electrons. The number of carbonyl (C=O) groups excluding carboxylic acids is 1. The first-order valence-corrected chi connectivity index (χ1v) is 6.80. The Morgan fingerprint density at radius 2 is 1.90 bits per heavy atom. The van der Waals surface area contributed by atoms with Gasteiger partial charge in [-0.3, -0.25) is 9.78 Å². The summed E-state index contributed by atoms with van der Waals surface area (Å²) in [6.07, 6.45) is 1.72. The molecule has 0 bridgehead atoms. The minimum Gasteiger partial charge on any atom is -0.483 e. The van der Waals surface area contributed by atoms with Gasteiger partial charge in [-0.25, -0.2) is 0 Å². The highest BCUT2D eigenvalue weighted by Gasteiger charge is 2.09. The zero-order valence-electron chi connectivity index (χ0n) is 11.7. The van der Waals surface area contributed by atoms with Crippen molar-refractivity contribution in [1.29, 1.82) is 0 Å². The Labute approximate surface area is 123 Å². The third-order valence-corrected chi connectivity index (χ3v) is 3.29. The summed E-state index contributed by atoms with van der Waals surface area (Å²) in [7, 11) is 0. The lowest BCUT2D eigenvalue weighted by atomic mass is 10.1. The molecule has 0 saturated heterocycles. The van der Waals surface area contributed by atoms with E-state index in [1.165, 1.54) is 0 Å². The molecule has 0 N–H and O–H groups in total. The highest BCUT2D eigenvalue weighted by atomic mass is 16.5. The molecule has 21 heavy (non-hydrogen) atoms. The van der Waals surface area contributed by atoms with Crippen LogP contribution in [0, 0.1) is 6.92 Å². The summed E-state index contributed by atoms with van der Waals surface area (Å²) in [6, 6.07) is 17.1. The van der Waals surface area contributed by atoms with E-state index in [4.69, 9.17) is 4.74 Å². The highest BCUT2D eigenvalue weighted by molar-refractivity contribution is 5.97. The lowest BCUT2D eigenvalue weighted by Crippen LogP contribution is -2.12. The van der Waals surface area contributed by atoms with Crippen LogP contribution in [0.2, 0.25) is 0 Å². The summed E-state index contributed by atoms with van der Waals surface area (Å²) in [5.41, 5.74) is 2.51. The van der Waals surface area contributed by atoms with E-state index in [2.05, 4.69) is 4.98 Å². The number of aromatic nitrogens is 1. The zero-order valence-corrected chi connectivity index (χ0v) is 11.7. The SMILES string of the molecule is Cc1cccc(C(=O)COc2cccc3cccnc23)c1. The van der Waals surface area contributed by atoms with E-state index in [-0.39, 0.29) is 12.4 Å². The number of nitrogens with zero attached hydrogens (tertiary/aromatic N) is 1. The molecule has 1 aromatic heterocycles. The van der Waals surface area contributed by atoms with E-state index in [0.717, 1.165) is 16.5 Å². The molecule has 104 valence electrons. The van der Waals surface area contributed by atoms with E-state index in [9.17, 15) is 4.79 Å². The van der Waals surface area contributed by atoms with Crippen molar-refractivity contribution in [1.82, 2.24) is 4.98 Å². The quantitative estimate of drug-likeness (QED) is 0.681. The molecule has 2 aromatic carbocycles. The first-order chi connectivity index (χ1) is 10.2. The Kier molecular flexibility index (Phi) is 3.65. The molecule has 0 saturated carbocycles. The van der Waals surface area contributed by atoms with Crippen molar-refractivity contribution < 1.29 is 9.53 Å². The monoisotopic (exact) mass is 277 g/mol. The number of pyridine rings is 1. The van der Waals surface area contributed by atoms with Crippen molar-refractivity contribution in [3.8, 4) is 5.75 Å². The predicted octanol–water partition coefficient (Wildman–Crippen LogP) is 3.80. The standard InChI is InChI=1S/C18H15NO2/c1-13-5-2-7-15(11-13)16(20)12-21-17-9-3-6-14-8-4-10-19-18(14)17/h2-11H,12H2,1H3. The number of aryl methyl sites for hydroxylation is 1. The van der Waals surface area contributed by atoms with Gasteiger partial charge in [0.25, 0.3) is 0 Å². The van der Waals surface area contributed by atoms with E-state index in [1.54, 1.807) is 12.3 Å². The van der Waals surface area contributed by atoms with Gasteiger partial charge in [-0.05, 0) is 25.1 Å². The molecule has 0 aliphatic carbocycles. The minimum absolute atomic E-state index is 0.0130. The Hall–Kier alpha value is -2.68. The fourth-order valence-corrected chi connectivity index (χ4v) is 2.24. The second-order valence-electron chi connectivity index (χ2n) is 4.91. The van der Waals surface area contributed by atoms with Gasteiger partial charge in [0.05, 0.1) is 0 Å². The van der Waals surface area contributed by atoms with Crippen molar-refractivity contribution in [3.05, 3.63) is 71.9 Å². The number of fused-ring (bicyclic) bond motifs is 1. The smallest absolute Gasteiger partial charge is 0.200 e. The third kappa shape index (κ3) is 2.92. The van der Waals surface area contributed by atoms with E-state index in [0.29, 0.717) is 11.3 Å². The first-order valence-electron chi connectivity index (χ1n) is 6.80. The molecule has 0 atom stereocenters. The van der Waals surface area contributed by atoms with Crippen LogP contribution in [0.15, 0.2) is 60.8 Å². The summed E-state index contributed by atoms with van der Waals surface area (Å²) in [4.78, 5) is 16.5. The molecule has 3 aromatic rings. The number of ether oxygens (including phenoxy) is 1. The molecule has 0 amide bonds. The number of benzene rings is 2. The summed E-state index contributed by atoms with van der Waals surface area (Å²) >= 11 is 0. The van der Waals surface area contributed by atoms with Crippen LogP contribution < -0.4 is 4.74 Å². The van der Waals surface area contributed by atoms with Gasteiger partial charge in [-0.2, -0.15) is 0 Å². The maximum Gasteiger partial charge on any atom is 0.200 e. The van der Waals surface area contributed by atoms with Crippen LogP contribution in [0.25, 0.3) is 10.9 Å². The molecule has 0 aliphatic rings. The van der Waals surface area contributed by atoms with Gasteiger partial charge in [0, 0.05) is 17.1 Å². The van der Waals surface area contributed by atoms with Gasteiger partial charge in [0.15, 0.2) is 12.4 Å². The number of Topliss-reactive ketones (excluding diaryl/α,β-unsaturated/α-hetero) is 1. The van der Waals surface area contributed by atoms with Crippen LogP contribution in [-0.2, 0) is 0 Å². The second-order valence-corrected chi connectivity index (χ2v) is 4.91. The van der Waals surface area contributed by atoms with Crippen LogP contribution in [0.3, 0.4) is 0 Å². The highest BCUT2D eigenvalue weighted by Crippen LogP contribution is 2.23. The fourth-order valence-electron chi connectivity index (χ4n) is 2.24. The predicted molar refractivity (Wildman–Crippen MR) is 82.7 cm³/mol. The van der Waals surface area contributed by atoms with Crippen LogP contribution >= 0.6 is 0 Å². The molecule has 1 heterocycles. The lowest BCUT2D eigenvalue weighted by molar-refractivity contribution is 0.0922. The normalized spacial score (nSPS) is 10.5.